The van der Waals surface area contributed by atoms with Crippen LogP contribution in [0.15, 0.2) is 34.8 Å². The van der Waals surface area contributed by atoms with Gasteiger partial charge in [0.15, 0.2) is 0 Å². The summed E-state index contributed by atoms with van der Waals surface area (Å²) in [4.78, 5) is 8.96. The van der Waals surface area contributed by atoms with Gasteiger partial charge in [0, 0.05) is 11.8 Å². The van der Waals surface area contributed by atoms with Crippen molar-refractivity contribution in [3.63, 3.8) is 0 Å². The van der Waals surface area contributed by atoms with E-state index >= 15 is 0 Å². The summed E-state index contributed by atoms with van der Waals surface area (Å²) in [5, 5.41) is 6.21. The summed E-state index contributed by atoms with van der Waals surface area (Å²) in [5.41, 5.74) is 4.45. The number of thiazole rings is 1. The minimum absolute atomic E-state index is 0.578. The quantitative estimate of drug-likeness (QED) is 0.380. The van der Waals surface area contributed by atoms with Gasteiger partial charge >= 0.3 is 0 Å². The molecule has 0 bridgehead atoms. The Bertz CT molecular complexity index is 715. The van der Waals surface area contributed by atoms with Crippen LogP contribution in [0.4, 0.5) is 0 Å². The summed E-state index contributed by atoms with van der Waals surface area (Å²) in [7, 11) is 1.50. The Morgan fingerprint density at radius 3 is 2.64 bits per heavy atom. The summed E-state index contributed by atoms with van der Waals surface area (Å²) in [5.74, 6) is 0.903. The lowest BCUT2D eigenvalue weighted by molar-refractivity contribution is 0.215. The Morgan fingerprint density at radius 2 is 1.96 bits per heavy atom. The van der Waals surface area contributed by atoms with Crippen molar-refractivity contribution >= 4 is 17.6 Å². The first-order valence-corrected chi connectivity index (χ1v) is 9.01. The molecular formula is C19H24N2O3S. The Labute approximate surface area is 152 Å². The second-order valence-corrected chi connectivity index (χ2v) is 6.29. The van der Waals surface area contributed by atoms with Crippen molar-refractivity contribution in [1.29, 1.82) is 0 Å². The van der Waals surface area contributed by atoms with Crippen molar-refractivity contribution < 1.29 is 14.3 Å². The van der Waals surface area contributed by atoms with Gasteiger partial charge in [0.1, 0.15) is 19.5 Å². The lowest BCUT2D eigenvalue weighted by atomic mass is 10.00. The molecule has 0 aliphatic rings. The van der Waals surface area contributed by atoms with Crippen molar-refractivity contribution in [2.75, 3.05) is 20.3 Å². The summed E-state index contributed by atoms with van der Waals surface area (Å²) in [6.07, 6.45) is 6.36. The van der Waals surface area contributed by atoms with Crippen molar-refractivity contribution in [2.45, 2.75) is 27.2 Å². The van der Waals surface area contributed by atoms with Gasteiger partial charge in [0.05, 0.1) is 18.5 Å². The maximum atomic E-state index is 5.75. The Morgan fingerprint density at radius 1 is 1.20 bits per heavy atom. The summed E-state index contributed by atoms with van der Waals surface area (Å²) in [6.45, 7) is 7.37. The number of benzene rings is 1. The van der Waals surface area contributed by atoms with Gasteiger partial charge in [0.25, 0.3) is 5.19 Å². The number of aryl methyl sites for hydroxylation is 2. The van der Waals surface area contributed by atoms with Gasteiger partial charge in [-0.15, -0.1) is 0 Å². The predicted molar refractivity (Wildman–Crippen MR) is 102 cm³/mol. The Kier molecular flexibility index (Phi) is 7.47. The lowest BCUT2D eigenvalue weighted by Crippen LogP contribution is -2.05. The monoisotopic (exact) mass is 360 g/mol. The van der Waals surface area contributed by atoms with E-state index in [4.69, 9.17) is 9.47 Å². The average Bonchev–Trinajstić information content (AvgIpc) is 3.03. The number of allylic oxidation sites excluding steroid dienone is 1. The van der Waals surface area contributed by atoms with E-state index in [2.05, 4.69) is 41.0 Å². The highest BCUT2D eigenvalue weighted by atomic mass is 32.1. The first-order chi connectivity index (χ1) is 12.1. The topological polar surface area (TPSA) is 52.9 Å². The Balaban J connectivity index is 1.91. The molecule has 1 aromatic heterocycles. The third-order valence-electron chi connectivity index (χ3n) is 3.62. The summed E-state index contributed by atoms with van der Waals surface area (Å²) >= 11 is 1.45. The van der Waals surface area contributed by atoms with Gasteiger partial charge < -0.3 is 14.3 Å². The molecule has 5 nitrogen and oxygen atoms in total. The zero-order valence-electron chi connectivity index (χ0n) is 15.1. The molecule has 0 spiro atoms. The normalized spacial score (nSPS) is 11.4. The van der Waals surface area contributed by atoms with Crippen LogP contribution in [0.1, 0.15) is 29.3 Å². The number of hydrogen-bond acceptors (Lipinski definition) is 6. The van der Waals surface area contributed by atoms with Gasteiger partial charge in [0.2, 0.25) is 0 Å². The van der Waals surface area contributed by atoms with E-state index in [9.17, 15) is 0 Å². The van der Waals surface area contributed by atoms with E-state index in [0.29, 0.717) is 18.4 Å². The average molecular weight is 360 g/mol. The number of oxime groups is 1. The van der Waals surface area contributed by atoms with E-state index in [-0.39, 0.29) is 0 Å². The standard InChI is InChI=1S/C19H24N2O3S/c1-5-6-8-23-17-10-14(2)18(15(3)11-17)7-9-24-19-21-16(13-25-19)12-20-22-4/h5-6,10-13H,7-9H2,1-4H3/b6-5+,20-12+. The van der Waals surface area contributed by atoms with Crippen LogP contribution >= 0.6 is 11.3 Å². The van der Waals surface area contributed by atoms with Crippen molar-refractivity contribution in [2.24, 2.45) is 5.16 Å². The molecule has 1 heterocycles. The minimum atomic E-state index is 0.578. The highest BCUT2D eigenvalue weighted by molar-refractivity contribution is 7.11. The van der Waals surface area contributed by atoms with E-state index in [1.807, 2.05) is 24.5 Å². The fraction of sp³-hybridized carbons (Fsp3) is 0.368. The second-order valence-electron chi connectivity index (χ2n) is 5.47. The number of nitrogens with zero attached hydrogens (tertiary/aromatic N) is 2. The molecule has 0 amide bonds. The second kappa shape index (κ2) is 9.84. The van der Waals surface area contributed by atoms with Gasteiger partial charge in [-0.3, -0.25) is 0 Å². The Hall–Kier alpha value is -2.34. The maximum Gasteiger partial charge on any atom is 0.273 e. The first-order valence-electron chi connectivity index (χ1n) is 8.13. The van der Waals surface area contributed by atoms with Crippen molar-refractivity contribution in [1.82, 2.24) is 4.98 Å². The van der Waals surface area contributed by atoms with Gasteiger partial charge in [-0.25, -0.2) is 4.98 Å². The molecule has 25 heavy (non-hydrogen) atoms. The van der Waals surface area contributed by atoms with E-state index in [0.717, 1.165) is 17.9 Å². The third-order valence-corrected chi connectivity index (χ3v) is 4.39. The lowest BCUT2D eigenvalue weighted by Gasteiger charge is -2.13. The van der Waals surface area contributed by atoms with E-state index in [1.165, 1.54) is 35.1 Å². The van der Waals surface area contributed by atoms with Crippen molar-refractivity contribution in [3.8, 4) is 10.9 Å². The van der Waals surface area contributed by atoms with Crippen LogP contribution in [0.3, 0.4) is 0 Å². The fourth-order valence-corrected chi connectivity index (χ4v) is 3.06. The van der Waals surface area contributed by atoms with Crippen LogP contribution in [-0.2, 0) is 11.3 Å². The molecule has 0 aliphatic carbocycles. The molecule has 134 valence electrons. The van der Waals surface area contributed by atoms with E-state index in [1.54, 1.807) is 6.21 Å². The highest BCUT2D eigenvalue weighted by Crippen LogP contribution is 2.23. The van der Waals surface area contributed by atoms with Crippen LogP contribution in [0, 0.1) is 13.8 Å². The first kappa shape index (κ1) is 19.0. The minimum Gasteiger partial charge on any atom is -0.490 e. The zero-order chi connectivity index (χ0) is 18.1. The van der Waals surface area contributed by atoms with Gasteiger partial charge in [-0.05, 0) is 49.6 Å². The van der Waals surface area contributed by atoms with Gasteiger partial charge in [-0.1, -0.05) is 28.6 Å². The van der Waals surface area contributed by atoms with Crippen LogP contribution in [0.2, 0.25) is 0 Å². The number of aromatic nitrogens is 1. The van der Waals surface area contributed by atoms with Crippen LogP contribution in [0.5, 0.6) is 10.9 Å². The highest BCUT2D eigenvalue weighted by Gasteiger charge is 2.08. The molecule has 0 radical (unpaired) electrons. The molecule has 0 aliphatic heterocycles. The number of ether oxygens (including phenoxy) is 2. The molecule has 6 heteroatoms. The molecular weight excluding hydrogens is 336 g/mol. The molecule has 0 fully saturated rings. The molecule has 0 N–H and O–H groups in total. The smallest absolute Gasteiger partial charge is 0.273 e. The molecule has 0 unspecified atom stereocenters. The van der Waals surface area contributed by atoms with Crippen LogP contribution < -0.4 is 9.47 Å². The zero-order valence-corrected chi connectivity index (χ0v) is 15.9. The number of hydrogen-bond donors (Lipinski definition) is 0. The molecule has 0 saturated heterocycles. The maximum absolute atomic E-state index is 5.75. The van der Waals surface area contributed by atoms with E-state index < -0.39 is 0 Å². The summed E-state index contributed by atoms with van der Waals surface area (Å²) < 4.78 is 11.5. The summed E-state index contributed by atoms with van der Waals surface area (Å²) in [6, 6.07) is 4.16. The fourth-order valence-electron chi connectivity index (χ4n) is 2.41. The SMILES string of the molecule is C/C=C/COc1cc(C)c(CCOc2nc(/C=N/OC)cs2)c(C)c1. The molecule has 0 saturated carbocycles. The van der Waals surface area contributed by atoms with Gasteiger partial charge in [-0.2, -0.15) is 0 Å². The molecule has 2 rings (SSSR count). The van der Waals surface area contributed by atoms with Crippen LogP contribution in [0.25, 0.3) is 0 Å². The molecule has 0 atom stereocenters. The van der Waals surface area contributed by atoms with Crippen molar-refractivity contribution in [3.05, 3.63) is 52.0 Å². The largest absolute Gasteiger partial charge is 0.490 e. The molecule has 1 aromatic carbocycles. The third kappa shape index (κ3) is 5.90. The van der Waals surface area contributed by atoms with Crippen LogP contribution in [-0.4, -0.2) is 31.5 Å². The predicted octanol–water partition coefficient (Wildman–Crippen LogP) is 4.32. The number of rotatable bonds is 9. The molecule has 2 aromatic rings.